The SMILES string of the molecule is CC[C@@H](C)NC(=O)CCCOc1ccc(OC)cc1. The number of benzene rings is 1. The largest absolute Gasteiger partial charge is 0.497 e. The van der Waals surface area contributed by atoms with Crippen LogP contribution in [0.4, 0.5) is 0 Å². The Bertz CT molecular complexity index is 375. The maximum Gasteiger partial charge on any atom is 0.220 e. The Kier molecular flexibility index (Phi) is 6.79. The highest BCUT2D eigenvalue weighted by molar-refractivity contribution is 5.76. The van der Waals surface area contributed by atoms with Crippen molar-refractivity contribution in [3.63, 3.8) is 0 Å². The van der Waals surface area contributed by atoms with Crippen LogP contribution in [0, 0.1) is 0 Å². The minimum Gasteiger partial charge on any atom is -0.497 e. The van der Waals surface area contributed by atoms with Crippen LogP contribution in [-0.2, 0) is 4.79 Å². The first kappa shape index (κ1) is 15.3. The minimum atomic E-state index is 0.0904. The maximum atomic E-state index is 11.5. The summed E-state index contributed by atoms with van der Waals surface area (Å²) in [7, 11) is 1.63. The lowest BCUT2D eigenvalue weighted by atomic mass is 10.2. The summed E-state index contributed by atoms with van der Waals surface area (Å²) >= 11 is 0. The van der Waals surface area contributed by atoms with E-state index < -0.39 is 0 Å². The standard InChI is InChI=1S/C15H23NO3/c1-4-12(2)16-15(17)6-5-11-19-14-9-7-13(18-3)8-10-14/h7-10,12H,4-6,11H2,1-3H3,(H,16,17)/t12-/m1/s1. The van der Waals surface area contributed by atoms with Gasteiger partial charge in [0.25, 0.3) is 0 Å². The maximum absolute atomic E-state index is 11.5. The molecule has 4 heteroatoms. The molecule has 0 spiro atoms. The molecule has 1 N–H and O–H groups in total. The van der Waals surface area contributed by atoms with Gasteiger partial charge < -0.3 is 14.8 Å². The van der Waals surface area contributed by atoms with Gasteiger partial charge in [0.2, 0.25) is 5.91 Å². The van der Waals surface area contributed by atoms with Gasteiger partial charge in [0.15, 0.2) is 0 Å². The monoisotopic (exact) mass is 265 g/mol. The molecule has 0 saturated carbocycles. The second-order valence-electron chi connectivity index (χ2n) is 4.50. The molecule has 19 heavy (non-hydrogen) atoms. The van der Waals surface area contributed by atoms with E-state index >= 15 is 0 Å². The lowest BCUT2D eigenvalue weighted by molar-refractivity contribution is -0.121. The molecule has 0 aliphatic rings. The Morgan fingerprint density at radius 2 is 1.89 bits per heavy atom. The minimum absolute atomic E-state index is 0.0904. The van der Waals surface area contributed by atoms with Crippen LogP contribution in [-0.4, -0.2) is 25.7 Å². The van der Waals surface area contributed by atoms with Gasteiger partial charge in [-0.15, -0.1) is 0 Å². The molecule has 0 bridgehead atoms. The lowest BCUT2D eigenvalue weighted by Gasteiger charge is -2.11. The van der Waals surface area contributed by atoms with E-state index in [0.29, 0.717) is 19.4 Å². The number of methoxy groups -OCH3 is 1. The molecular formula is C15H23NO3. The second-order valence-corrected chi connectivity index (χ2v) is 4.50. The fourth-order valence-corrected chi connectivity index (χ4v) is 1.54. The second kappa shape index (κ2) is 8.40. The summed E-state index contributed by atoms with van der Waals surface area (Å²) in [5.41, 5.74) is 0. The predicted octanol–water partition coefficient (Wildman–Crippen LogP) is 2.77. The van der Waals surface area contributed by atoms with E-state index in [0.717, 1.165) is 17.9 Å². The first-order chi connectivity index (χ1) is 9.15. The van der Waals surface area contributed by atoms with Crippen molar-refractivity contribution >= 4 is 5.91 Å². The highest BCUT2D eigenvalue weighted by Crippen LogP contribution is 2.17. The average Bonchev–Trinajstić information content (AvgIpc) is 2.44. The summed E-state index contributed by atoms with van der Waals surface area (Å²) in [6.07, 6.45) is 2.17. The van der Waals surface area contributed by atoms with Crippen LogP contribution in [0.2, 0.25) is 0 Å². The molecule has 1 rings (SSSR count). The van der Waals surface area contributed by atoms with Crippen LogP contribution >= 0.6 is 0 Å². The van der Waals surface area contributed by atoms with Crippen LogP contribution < -0.4 is 14.8 Å². The molecular weight excluding hydrogens is 242 g/mol. The van der Waals surface area contributed by atoms with E-state index in [9.17, 15) is 4.79 Å². The third-order valence-corrected chi connectivity index (χ3v) is 2.90. The van der Waals surface area contributed by atoms with Crippen molar-refractivity contribution < 1.29 is 14.3 Å². The van der Waals surface area contributed by atoms with E-state index in [2.05, 4.69) is 12.2 Å². The molecule has 0 aliphatic heterocycles. The number of carbonyl (C=O) groups is 1. The van der Waals surface area contributed by atoms with E-state index in [-0.39, 0.29) is 11.9 Å². The Morgan fingerprint density at radius 1 is 1.26 bits per heavy atom. The molecule has 1 aromatic carbocycles. The number of amides is 1. The summed E-state index contributed by atoms with van der Waals surface area (Å²) in [5.74, 6) is 1.69. The van der Waals surface area contributed by atoms with E-state index in [1.165, 1.54) is 0 Å². The molecule has 0 fully saturated rings. The molecule has 1 amide bonds. The van der Waals surface area contributed by atoms with Crippen molar-refractivity contribution in [2.75, 3.05) is 13.7 Å². The van der Waals surface area contributed by atoms with E-state index in [1.807, 2.05) is 31.2 Å². The molecule has 0 heterocycles. The van der Waals surface area contributed by atoms with E-state index in [1.54, 1.807) is 7.11 Å². The third kappa shape index (κ3) is 6.13. The van der Waals surface area contributed by atoms with Crippen LogP contribution in [0.15, 0.2) is 24.3 Å². The van der Waals surface area contributed by atoms with Crippen LogP contribution in [0.1, 0.15) is 33.1 Å². The van der Waals surface area contributed by atoms with Crippen molar-refractivity contribution in [1.29, 1.82) is 0 Å². The van der Waals surface area contributed by atoms with Gasteiger partial charge in [-0.25, -0.2) is 0 Å². The molecule has 0 unspecified atom stereocenters. The van der Waals surface area contributed by atoms with Gasteiger partial charge in [0, 0.05) is 12.5 Å². The molecule has 106 valence electrons. The fourth-order valence-electron chi connectivity index (χ4n) is 1.54. The highest BCUT2D eigenvalue weighted by Gasteiger charge is 2.05. The Morgan fingerprint density at radius 3 is 2.47 bits per heavy atom. The van der Waals surface area contributed by atoms with Crippen molar-refractivity contribution in [3.8, 4) is 11.5 Å². The first-order valence-corrected chi connectivity index (χ1v) is 6.72. The molecule has 4 nitrogen and oxygen atoms in total. The van der Waals surface area contributed by atoms with Gasteiger partial charge in [-0.2, -0.15) is 0 Å². The number of nitrogens with one attached hydrogen (secondary N) is 1. The normalized spacial score (nSPS) is 11.7. The van der Waals surface area contributed by atoms with Gasteiger partial charge in [-0.05, 0) is 44.0 Å². The summed E-state index contributed by atoms with van der Waals surface area (Å²) in [6, 6.07) is 7.67. The van der Waals surface area contributed by atoms with Crippen LogP contribution in [0.3, 0.4) is 0 Å². The summed E-state index contributed by atoms with van der Waals surface area (Å²) in [4.78, 5) is 11.5. The average molecular weight is 265 g/mol. The van der Waals surface area contributed by atoms with E-state index in [4.69, 9.17) is 9.47 Å². The zero-order chi connectivity index (χ0) is 14.1. The number of hydrogen-bond donors (Lipinski definition) is 1. The third-order valence-electron chi connectivity index (χ3n) is 2.90. The van der Waals surface area contributed by atoms with Gasteiger partial charge in [0.1, 0.15) is 11.5 Å². The number of hydrogen-bond acceptors (Lipinski definition) is 3. The smallest absolute Gasteiger partial charge is 0.220 e. The Balaban J connectivity index is 2.17. The van der Waals surface area contributed by atoms with Gasteiger partial charge in [-0.1, -0.05) is 6.92 Å². The van der Waals surface area contributed by atoms with Gasteiger partial charge >= 0.3 is 0 Å². The number of ether oxygens (including phenoxy) is 2. The summed E-state index contributed by atoms with van der Waals surface area (Å²) in [6.45, 7) is 4.60. The Labute approximate surface area is 115 Å². The molecule has 0 aromatic heterocycles. The number of carbonyl (C=O) groups excluding carboxylic acids is 1. The topological polar surface area (TPSA) is 47.6 Å². The fraction of sp³-hybridized carbons (Fsp3) is 0.533. The highest BCUT2D eigenvalue weighted by atomic mass is 16.5. The van der Waals surface area contributed by atoms with Gasteiger partial charge in [-0.3, -0.25) is 4.79 Å². The molecule has 1 atom stereocenters. The predicted molar refractivity (Wildman–Crippen MR) is 75.6 cm³/mol. The molecule has 1 aromatic rings. The molecule has 0 aliphatic carbocycles. The van der Waals surface area contributed by atoms with Crippen molar-refractivity contribution in [3.05, 3.63) is 24.3 Å². The number of rotatable bonds is 8. The van der Waals surface area contributed by atoms with Gasteiger partial charge in [0.05, 0.1) is 13.7 Å². The summed E-state index contributed by atoms with van der Waals surface area (Å²) in [5, 5.41) is 2.93. The van der Waals surface area contributed by atoms with Crippen molar-refractivity contribution in [2.45, 2.75) is 39.2 Å². The summed E-state index contributed by atoms with van der Waals surface area (Å²) < 4.78 is 10.6. The van der Waals surface area contributed by atoms with Crippen LogP contribution in [0.5, 0.6) is 11.5 Å². The molecule has 0 saturated heterocycles. The van der Waals surface area contributed by atoms with Crippen molar-refractivity contribution in [1.82, 2.24) is 5.32 Å². The van der Waals surface area contributed by atoms with Crippen molar-refractivity contribution in [2.24, 2.45) is 0 Å². The van der Waals surface area contributed by atoms with Crippen LogP contribution in [0.25, 0.3) is 0 Å². The zero-order valence-corrected chi connectivity index (χ0v) is 11.9. The zero-order valence-electron chi connectivity index (χ0n) is 11.9. The first-order valence-electron chi connectivity index (χ1n) is 6.72. The lowest BCUT2D eigenvalue weighted by Crippen LogP contribution is -2.31. The molecule has 0 radical (unpaired) electrons. The quantitative estimate of drug-likeness (QED) is 0.735. The Hall–Kier alpha value is -1.71.